The zero-order valence-electron chi connectivity index (χ0n) is 9.33. The molecule has 0 aliphatic carbocycles. The fraction of sp³-hybridized carbons (Fsp3) is 0.200. The predicted octanol–water partition coefficient (Wildman–Crippen LogP) is 2.27. The highest BCUT2D eigenvalue weighted by molar-refractivity contribution is 7.14. The second-order valence-electron chi connectivity index (χ2n) is 3.65. The molecular formula is C10H9FN4O2S. The molecule has 1 heterocycles. The number of rotatable bonds is 3. The third kappa shape index (κ3) is 2.34. The Balaban J connectivity index is 2.54. The van der Waals surface area contributed by atoms with Gasteiger partial charge in [-0.05, 0) is 19.1 Å². The number of benzene rings is 1. The van der Waals surface area contributed by atoms with Crippen molar-refractivity contribution in [2.45, 2.75) is 13.0 Å². The molecule has 2 aromatic rings. The molecule has 94 valence electrons. The van der Waals surface area contributed by atoms with Gasteiger partial charge in [0.15, 0.2) is 5.01 Å². The molecule has 18 heavy (non-hydrogen) atoms. The lowest BCUT2D eigenvalue weighted by Crippen LogP contribution is -2.03. The molecule has 0 amide bonds. The van der Waals surface area contributed by atoms with E-state index in [1.54, 1.807) is 6.92 Å². The lowest BCUT2D eigenvalue weighted by molar-refractivity contribution is -0.384. The normalized spacial score (nSPS) is 12.4. The average molecular weight is 268 g/mol. The van der Waals surface area contributed by atoms with Crippen LogP contribution in [0.3, 0.4) is 0 Å². The van der Waals surface area contributed by atoms with E-state index in [4.69, 9.17) is 5.73 Å². The molecule has 0 radical (unpaired) electrons. The van der Waals surface area contributed by atoms with Gasteiger partial charge in [0.05, 0.1) is 16.5 Å². The standard InChI is InChI=1S/C10H9FN4O2S/c1-5(12)9-13-14-10(18-9)7-4-6(11)2-3-8(7)15(16)17/h2-5H,12H2,1H3. The first-order chi connectivity index (χ1) is 8.49. The molecule has 0 bridgehead atoms. The summed E-state index contributed by atoms with van der Waals surface area (Å²) in [5, 5.41) is 19.3. The van der Waals surface area contributed by atoms with E-state index in [9.17, 15) is 14.5 Å². The van der Waals surface area contributed by atoms with E-state index in [0.717, 1.165) is 29.5 Å². The number of hydrogen-bond donors (Lipinski definition) is 1. The van der Waals surface area contributed by atoms with Crippen LogP contribution in [-0.4, -0.2) is 15.1 Å². The lowest BCUT2D eigenvalue weighted by Gasteiger charge is -1.99. The Hall–Kier alpha value is -1.93. The first kappa shape index (κ1) is 12.5. The molecule has 0 aliphatic heterocycles. The van der Waals surface area contributed by atoms with Crippen molar-refractivity contribution in [1.82, 2.24) is 10.2 Å². The van der Waals surface area contributed by atoms with Gasteiger partial charge in [-0.2, -0.15) is 0 Å². The molecule has 0 aliphatic rings. The summed E-state index contributed by atoms with van der Waals surface area (Å²) in [7, 11) is 0. The molecule has 6 nitrogen and oxygen atoms in total. The quantitative estimate of drug-likeness (QED) is 0.680. The van der Waals surface area contributed by atoms with Gasteiger partial charge in [0.2, 0.25) is 0 Å². The van der Waals surface area contributed by atoms with E-state index in [0.29, 0.717) is 5.01 Å². The summed E-state index contributed by atoms with van der Waals surface area (Å²) >= 11 is 1.12. The first-order valence-electron chi connectivity index (χ1n) is 5.02. The summed E-state index contributed by atoms with van der Waals surface area (Å²) < 4.78 is 13.2. The minimum atomic E-state index is -0.582. The lowest BCUT2D eigenvalue weighted by atomic mass is 10.2. The topological polar surface area (TPSA) is 94.9 Å². The van der Waals surface area contributed by atoms with Crippen LogP contribution < -0.4 is 5.73 Å². The van der Waals surface area contributed by atoms with Gasteiger partial charge in [-0.25, -0.2) is 4.39 Å². The Morgan fingerprint density at radius 2 is 2.22 bits per heavy atom. The highest BCUT2D eigenvalue weighted by atomic mass is 32.1. The van der Waals surface area contributed by atoms with Crippen LogP contribution in [-0.2, 0) is 0 Å². The van der Waals surface area contributed by atoms with Crippen molar-refractivity contribution in [2.24, 2.45) is 5.73 Å². The summed E-state index contributed by atoms with van der Waals surface area (Å²) in [6, 6.07) is 2.90. The Morgan fingerprint density at radius 1 is 1.50 bits per heavy atom. The van der Waals surface area contributed by atoms with Crippen LogP contribution in [0.4, 0.5) is 10.1 Å². The van der Waals surface area contributed by atoms with Crippen LogP contribution in [0.5, 0.6) is 0 Å². The SMILES string of the molecule is CC(N)c1nnc(-c2cc(F)ccc2[N+](=O)[O-])s1. The Bertz CT molecular complexity index is 599. The Kier molecular flexibility index (Phi) is 3.30. The molecule has 8 heteroatoms. The number of nitro groups is 1. The molecule has 2 N–H and O–H groups in total. The molecular weight excluding hydrogens is 259 g/mol. The summed E-state index contributed by atoms with van der Waals surface area (Å²) in [5.74, 6) is -0.562. The molecule has 1 aromatic heterocycles. The van der Waals surface area contributed by atoms with Crippen molar-refractivity contribution in [3.63, 3.8) is 0 Å². The van der Waals surface area contributed by atoms with Gasteiger partial charge >= 0.3 is 0 Å². The van der Waals surface area contributed by atoms with Crippen LogP contribution in [0.25, 0.3) is 10.6 Å². The summed E-state index contributed by atoms with van der Waals surface area (Å²) in [6.07, 6.45) is 0. The van der Waals surface area contributed by atoms with Crippen molar-refractivity contribution < 1.29 is 9.31 Å². The van der Waals surface area contributed by atoms with Gasteiger partial charge in [0, 0.05) is 6.07 Å². The molecule has 1 unspecified atom stereocenters. The van der Waals surface area contributed by atoms with Gasteiger partial charge in [-0.15, -0.1) is 10.2 Å². The largest absolute Gasteiger partial charge is 0.322 e. The van der Waals surface area contributed by atoms with Crippen LogP contribution in [0, 0.1) is 15.9 Å². The van der Waals surface area contributed by atoms with Crippen LogP contribution in [0.1, 0.15) is 18.0 Å². The Labute approximate surface area is 105 Å². The van der Waals surface area contributed by atoms with Gasteiger partial charge in [-0.3, -0.25) is 10.1 Å². The van der Waals surface area contributed by atoms with E-state index in [2.05, 4.69) is 10.2 Å². The van der Waals surface area contributed by atoms with Crippen molar-refractivity contribution in [3.8, 4) is 10.6 Å². The maximum Gasteiger partial charge on any atom is 0.279 e. The third-order valence-electron chi connectivity index (χ3n) is 2.22. The minimum Gasteiger partial charge on any atom is -0.322 e. The van der Waals surface area contributed by atoms with Gasteiger partial charge in [-0.1, -0.05) is 11.3 Å². The molecule has 2 rings (SSSR count). The molecule has 1 atom stereocenters. The van der Waals surface area contributed by atoms with Crippen molar-refractivity contribution in [3.05, 3.63) is 39.1 Å². The molecule has 0 spiro atoms. The fourth-order valence-corrected chi connectivity index (χ4v) is 2.19. The second-order valence-corrected chi connectivity index (χ2v) is 4.66. The molecule has 0 fully saturated rings. The molecule has 0 saturated heterocycles. The number of nitrogens with zero attached hydrogens (tertiary/aromatic N) is 3. The summed E-state index contributed by atoms with van der Waals surface area (Å²) in [5.41, 5.74) is 5.54. The fourth-order valence-electron chi connectivity index (χ4n) is 1.37. The summed E-state index contributed by atoms with van der Waals surface area (Å²) in [4.78, 5) is 10.3. The van der Waals surface area contributed by atoms with E-state index in [-0.39, 0.29) is 22.3 Å². The number of nitrogens with two attached hydrogens (primary N) is 1. The highest BCUT2D eigenvalue weighted by Crippen LogP contribution is 2.33. The minimum absolute atomic E-state index is 0.115. The van der Waals surface area contributed by atoms with Crippen molar-refractivity contribution in [2.75, 3.05) is 0 Å². The van der Waals surface area contributed by atoms with Crippen molar-refractivity contribution >= 4 is 17.0 Å². The maximum atomic E-state index is 13.2. The van der Waals surface area contributed by atoms with E-state index < -0.39 is 10.7 Å². The van der Waals surface area contributed by atoms with Crippen LogP contribution in [0.2, 0.25) is 0 Å². The second kappa shape index (κ2) is 4.75. The molecule has 1 aromatic carbocycles. The van der Waals surface area contributed by atoms with Crippen LogP contribution >= 0.6 is 11.3 Å². The average Bonchev–Trinajstić information content (AvgIpc) is 2.77. The van der Waals surface area contributed by atoms with E-state index in [1.165, 1.54) is 0 Å². The maximum absolute atomic E-state index is 13.2. The van der Waals surface area contributed by atoms with E-state index >= 15 is 0 Å². The number of aromatic nitrogens is 2. The predicted molar refractivity (Wildman–Crippen MR) is 64.6 cm³/mol. The molecule has 0 saturated carbocycles. The number of nitro benzene ring substituents is 1. The monoisotopic (exact) mass is 268 g/mol. The van der Waals surface area contributed by atoms with Crippen LogP contribution in [0.15, 0.2) is 18.2 Å². The van der Waals surface area contributed by atoms with Gasteiger partial charge in [0.1, 0.15) is 10.8 Å². The number of halogens is 1. The number of hydrogen-bond acceptors (Lipinski definition) is 6. The van der Waals surface area contributed by atoms with Crippen molar-refractivity contribution in [1.29, 1.82) is 0 Å². The van der Waals surface area contributed by atoms with E-state index in [1.807, 2.05) is 0 Å². The first-order valence-corrected chi connectivity index (χ1v) is 5.84. The smallest absolute Gasteiger partial charge is 0.279 e. The van der Waals surface area contributed by atoms with Gasteiger partial charge < -0.3 is 5.73 Å². The summed E-state index contributed by atoms with van der Waals surface area (Å²) in [6.45, 7) is 1.73. The zero-order valence-corrected chi connectivity index (χ0v) is 10.1. The van der Waals surface area contributed by atoms with Gasteiger partial charge in [0.25, 0.3) is 5.69 Å². The zero-order chi connectivity index (χ0) is 13.3. The highest BCUT2D eigenvalue weighted by Gasteiger charge is 2.20. The Morgan fingerprint density at radius 3 is 2.78 bits per heavy atom. The third-order valence-corrected chi connectivity index (χ3v) is 3.37.